The Bertz CT molecular complexity index is 793. The van der Waals surface area contributed by atoms with Crippen LogP contribution < -0.4 is 5.32 Å². The number of hydrogen-bond acceptors (Lipinski definition) is 4. The SMILES string of the molecule is O=C(NCCN1CCN(Cc2ccccc2)CC1)c1ccccc1SC(F)(F)F. The Hall–Kier alpha value is -2.03. The molecule has 1 amide bonds. The predicted octanol–water partition coefficient (Wildman–Crippen LogP) is 3.85. The molecule has 0 saturated carbocycles. The number of benzene rings is 2. The van der Waals surface area contributed by atoms with Crippen LogP contribution in [0.1, 0.15) is 15.9 Å². The zero-order valence-electron chi connectivity index (χ0n) is 16.0. The zero-order chi connectivity index (χ0) is 20.7. The molecule has 2 aromatic carbocycles. The Morgan fingerprint density at radius 2 is 1.55 bits per heavy atom. The van der Waals surface area contributed by atoms with E-state index in [0.717, 1.165) is 32.7 Å². The van der Waals surface area contributed by atoms with E-state index < -0.39 is 11.4 Å². The molecule has 3 rings (SSSR count). The Morgan fingerprint density at radius 1 is 0.931 bits per heavy atom. The van der Waals surface area contributed by atoms with Crippen molar-refractivity contribution in [1.82, 2.24) is 15.1 Å². The number of hydrogen-bond donors (Lipinski definition) is 1. The summed E-state index contributed by atoms with van der Waals surface area (Å²) in [6.07, 6.45) is 0. The molecule has 1 N–H and O–H groups in total. The monoisotopic (exact) mass is 423 g/mol. The number of thioether (sulfide) groups is 1. The summed E-state index contributed by atoms with van der Waals surface area (Å²) < 4.78 is 38.0. The maximum atomic E-state index is 12.7. The van der Waals surface area contributed by atoms with Crippen LogP contribution in [0, 0.1) is 0 Å². The zero-order valence-corrected chi connectivity index (χ0v) is 16.8. The Labute approximate surface area is 173 Å². The van der Waals surface area contributed by atoms with Crippen LogP contribution in [-0.4, -0.2) is 60.5 Å². The number of rotatable bonds is 7. The average Bonchev–Trinajstić information content (AvgIpc) is 2.69. The van der Waals surface area contributed by atoms with Crippen LogP contribution in [0.3, 0.4) is 0 Å². The molecule has 0 radical (unpaired) electrons. The van der Waals surface area contributed by atoms with Gasteiger partial charge in [0.25, 0.3) is 5.91 Å². The van der Waals surface area contributed by atoms with Crippen molar-refractivity contribution in [1.29, 1.82) is 0 Å². The molecule has 0 bridgehead atoms. The van der Waals surface area contributed by atoms with Crippen molar-refractivity contribution < 1.29 is 18.0 Å². The quantitative estimate of drug-likeness (QED) is 0.687. The van der Waals surface area contributed by atoms with Gasteiger partial charge in [-0.15, -0.1) is 0 Å². The highest BCUT2D eigenvalue weighted by Crippen LogP contribution is 2.38. The van der Waals surface area contributed by atoms with E-state index in [-0.39, 0.29) is 22.2 Å². The van der Waals surface area contributed by atoms with Gasteiger partial charge in [-0.25, -0.2) is 0 Å². The Kier molecular flexibility index (Phi) is 7.57. The molecule has 2 aromatic rings. The molecule has 0 spiro atoms. The number of carbonyl (C=O) groups excluding carboxylic acids is 1. The molecule has 156 valence electrons. The third-order valence-corrected chi connectivity index (χ3v) is 5.59. The minimum atomic E-state index is -4.42. The van der Waals surface area contributed by atoms with E-state index in [0.29, 0.717) is 13.1 Å². The van der Waals surface area contributed by atoms with Gasteiger partial charge in [0.15, 0.2) is 0 Å². The summed E-state index contributed by atoms with van der Waals surface area (Å²) in [5.74, 6) is -0.472. The van der Waals surface area contributed by atoms with Gasteiger partial charge in [0, 0.05) is 50.7 Å². The number of piperazine rings is 1. The molecule has 0 aromatic heterocycles. The first-order valence-electron chi connectivity index (χ1n) is 9.52. The van der Waals surface area contributed by atoms with Gasteiger partial charge >= 0.3 is 5.51 Å². The molecule has 1 saturated heterocycles. The van der Waals surface area contributed by atoms with Gasteiger partial charge in [0.1, 0.15) is 0 Å². The lowest BCUT2D eigenvalue weighted by molar-refractivity contribution is -0.0328. The molecule has 0 aliphatic carbocycles. The summed E-state index contributed by atoms with van der Waals surface area (Å²) >= 11 is -0.259. The number of alkyl halides is 3. The molecule has 1 fully saturated rings. The molecule has 0 unspecified atom stereocenters. The highest BCUT2D eigenvalue weighted by Gasteiger charge is 2.31. The van der Waals surface area contributed by atoms with Crippen LogP contribution in [0.25, 0.3) is 0 Å². The van der Waals surface area contributed by atoms with E-state index in [9.17, 15) is 18.0 Å². The molecule has 1 aliphatic heterocycles. The topological polar surface area (TPSA) is 35.6 Å². The lowest BCUT2D eigenvalue weighted by atomic mass is 10.2. The van der Waals surface area contributed by atoms with Crippen molar-refractivity contribution in [2.75, 3.05) is 39.3 Å². The second-order valence-electron chi connectivity index (χ2n) is 6.90. The van der Waals surface area contributed by atoms with Gasteiger partial charge in [-0.05, 0) is 29.5 Å². The summed E-state index contributed by atoms with van der Waals surface area (Å²) in [6.45, 7) is 5.73. The maximum Gasteiger partial charge on any atom is 0.446 e. The van der Waals surface area contributed by atoms with E-state index in [1.54, 1.807) is 6.07 Å². The van der Waals surface area contributed by atoms with Crippen molar-refractivity contribution in [2.24, 2.45) is 0 Å². The van der Waals surface area contributed by atoms with Crippen molar-refractivity contribution >= 4 is 17.7 Å². The maximum absolute atomic E-state index is 12.7. The molecule has 8 heteroatoms. The standard InChI is InChI=1S/C21H24F3N3OS/c22-21(23,24)29-19-9-5-4-8-18(19)20(28)25-10-11-26-12-14-27(15-13-26)16-17-6-2-1-3-7-17/h1-9H,10-16H2,(H,25,28). The predicted molar refractivity (Wildman–Crippen MR) is 109 cm³/mol. The Balaban J connectivity index is 1.41. The van der Waals surface area contributed by atoms with Crippen molar-refractivity contribution in [3.8, 4) is 0 Å². The summed E-state index contributed by atoms with van der Waals surface area (Å²) in [7, 11) is 0. The van der Waals surface area contributed by atoms with Crippen LogP contribution in [0.5, 0.6) is 0 Å². The van der Waals surface area contributed by atoms with Crippen LogP contribution in [0.4, 0.5) is 13.2 Å². The molecule has 0 atom stereocenters. The fourth-order valence-electron chi connectivity index (χ4n) is 3.30. The number of nitrogens with zero attached hydrogens (tertiary/aromatic N) is 2. The van der Waals surface area contributed by atoms with Crippen LogP contribution in [0.2, 0.25) is 0 Å². The summed E-state index contributed by atoms with van der Waals surface area (Å²) in [6, 6.07) is 16.1. The second kappa shape index (κ2) is 10.1. The van der Waals surface area contributed by atoms with Crippen molar-refractivity contribution in [2.45, 2.75) is 16.9 Å². The summed E-state index contributed by atoms with van der Waals surface area (Å²) in [5.41, 5.74) is -3.07. The molecular weight excluding hydrogens is 399 g/mol. The first kappa shape index (κ1) is 21.7. The molecule has 1 aliphatic rings. The van der Waals surface area contributed by atoms with Gasteiger partial charge in [0.2, 0.25) is 0 Å². The normalized spacial score (nSPS) is 16.0. The second-order valence-corrected chi connectivity index (χ2v) is 8.01. The Morgan fingerprint density at radius 3 is 2.24 bits per heavy atom. The first-order chi connectivity index (χ1) is 13.9. The largest absolute Gasteiger partial charge is 0.446 e. The first-order valence-corrected chi connectivity index (χ1v) is 10.3. The highest BCUT2D eigenvalue weighted by atomic mass is 32.2. The summed E-state index contributed by atoms with van der Waals surface area (Å²) in [5, 5.41) is 2.75. The minimum absolute atomic E-state index is 0.0579. The minimum Gasteiger partial charge on any atom is -0.351 e. The van der Waals surface area contributed by atoms with E-state index in [1.165, 1.54) is 23.8 Å². The van der Waals surface area contributed by atoms with Crippen molar-refractivity contribution in [3.63, 3.8) is 0 Å². The average molecular weight is 424 g/mol. The van der Waals surface area contributed by atoms with Crippen LogP contribution >= 0.6 is 11.8 Å². The van der Waals surface area contributed by atoms with Gasteiger partial charge in [0.05, 0.1) is 5.56 Å². The van der Waals surface area contributed by atoms with E-state index in [1.807, 2.05) is 18.2 Å². The number of carbonyl (C=O) groups is 1. The van der Waals surface area contributed by atoms with E-state index >= 15 is 0 Å². The fourth-order valence-corrected chi connectivity index (χ4v) is 3.97. The molecular formula is C21H24F3N3OS. The lowest BCUT2D eigenvalue weighted by Gasteiger charge is -2.34. The third-order valence-electron chi connectivity index (χ3n) is 4.78. The lowest BCUT2D eigenvalue weighted by Crippen LogP contribution is -2.48. The van der Waals surface area contributed by atoms with Gasteiger partial charge in [-0.2, -0.15) is 13.2 Å². The van der Waals surface area contributed by atoms with Crippen LogP contribution in [-0.2, 0) is 6.54 Å². The van der Waals surface area contributed by atoms with Gasteiger partial charge in [-0.1, -0.05) is 42.5 Å². The summed E-state index contributed by atoms with van der Waals surface area (Å²) in [4.78, 5) is 16.9. The van der Waals surface area contributed by atoms with E-state index in [2.05, 4.69) is 27.2 Å². The number of nitrogens with one attached hydrogen (secondary N) is 1. The molecule has 4 nitrogen and oxygen atoms in total. The van der Waals surface area contributed by atoms with Crippen molar-refractivity contribution in [3.05, 3.63) is 65.7 Å². The van der Waals surface area contributed by atoms with E-state index in [4.69, 9.17) is 0 Å². The van der Waals surface area contributed by atoms with Gasteiger partial charge in [-0.3, -0.25) is 14.6 Å². The number of amides is 1. The third kappa shape index (κ3) is 7.06. The molecule has 1 heterocycles. The molecule has 29 heavy (non-hydrogen) atoms. The van der Waals surface area contributed by atoms with Crippen LogP contribution in [0.15, 0.2) is 59.5 Å². The van der Waals surface area contributed by atoms with Gasteiger partial charge < -0.3 is 5.32 Å². The smallest absolute Gasteiger partial charge is 0.351 e. The fraction of sp³-hybridized carbons (Fsp3) is 0.381. The highest BCUT2D eigenvalue weighted by molar-refractivity contribution is 8.00. The number of halogens is 3.